The molecule has 0 radical (unpaired) electrons. The average molecular weight is 337 g/mol. The molecule has 1 aromatic heterocycles. The van der Waals surface area contributed by atoms with Crippen molar-refractivity contribution in [2.24, 2.45) is 0 Å². The number of ether oxygens (including phenoxy) is 2. The van der Waals surface area contributed by atoms with E-state index in [1.54, 1.807) is 0 Å². The van der Waals surface area contributed by atoms with Crippen LogP contribution in [0.2, 0.25) is 0 Å². The van der Waals surface area contributed by atoms with Crippen LogP contribution < -0.4 is 0 Å². The van der Waals surface area contributed by atoms with Crippen LogP contribution in [0.25, 0.3) is 0 Å². The molecule has 1 heterocycles. The van der Waals surface area contributed by atoms with Crippen LogP contribution in [0.3, 0.4) is 0 Å². The van der Waals surface area contributed by atoms with E-state index >= 15 is 0 Å². The molecule has 0 N–H and O–H groups in total. The Morgan fingerprint density at radius 3 is 2.55 bits per heavy atom. The third-order valence-corrected chi connectivity index (χ3v) is 4.00. The Morgan fingerprint density at radius 2 is 1.91 bits per heavy atom. The lowest BCUT2D eigenvalue weighted by molar-refractivity contribution is -0.137. The van der Waals surface area contributed by atoms with Gasteiger partial charge >= 0.3 is 6.18 Å². The van der Waals surface area contributed by atoms with Gasteiger partial charge in [0, 0.05) is 6.20 Å². The maximum atomic E-state index is 12.5. The van der Waals surface area contributed by atoms with Crippen molar-refractivity contribution in [3.63, 3.8) is 0 Å². The number of alkyl halides is 3. The second-order valence-electron chi connectivity index (χ2n) is 4.07. The summed E-state index contributed by atoms with van der Waals surface area (Å²) in [6.45, 7) is 0.273. The average Bonchev–Trinajstić information content (AvgIpc) is 2.45. The fourth-order valence-electron chi connectivity index (χ4n) is 1.38. The molecule has 5 nitrogen and oxygen atoms in total. The lowest BCUT2D eigenvalue weighted by Gasteiger charge is -2.09. The van der Waals surface area contributed by atoms with Crippen LogP contribution in [0.1, 0.15) is 5.56 Å². The number of hydrogen-bond donors (Lipinski definition) is 0. The van der Waals surface area contributed by atoms with E-state index in [0.29, 0.717) is 12.1 Å². The molecule has 0 fully saturated rings. The van der Waals surface area contributed by atoms with Gasteiger partial charge in [-0.05, 0) is 12.1 Å². The first kappa shape index (κ1) is 18.4. The Kier molecular flexibility index (Phi) is 6.80. The Hall–Kier alpha value is -1.63. The van der Waals surface area contributed by atoms with Crippen molar-refractivity contribution in [3.8, 4) is 12.3 Å². The maximum absolute atomic E-state index is 12.5. The van der Waals surface area contributed by atoms with Crippen LogP contribution in [0.4, 0.5) is 13.2 Å². The minimum absolute atomic E-state index is 0.121. The molecular formula is C13H14F3NO4S. The first-order valence-electron chi connectivity index (χ1n) is 6.12. The fraction of sp³-hybridized carbons (Fsp3) is 0.462. The van der Waals surface area contributed by atoms with Crippen LogP contribution in [-0.4, -0.2) is 45.6 Å². The number of sulfone groups is 1. The summed E-state index contributed by atoms with van der Waals surface area (Å²) in [6, 6.07) is 1.21. The number of rotatable bonds is 8. The third kappa shape index (κ3) is 6.01. The Bertz CT molecular complexity index is 623. The topological polar surface area (TPSA) is 65.5 Å². The van der Waals surface area contributed by atoms with Gasteiger partial charge in [0.1, 0.15) is 6.61 Å². The minimum Gasteiger partial charge on any atom is -0.378 e. The van der Waals surface area contributed by atoms with Gasteiger partial charge in [0.25, 0.3) is 0 Å². The highest BCUT2D eigenvalue weighted by molar-refractivity contribution is 7.91. The zero-order chi connectivity index (χ0) is 16.6. The van der Waals surface area contributed by atoms with E-state index in [9.17, 15) is 21.6 Å². The highest BCUT2D eigenvalue weighted by atomic mass is 32.2. The Labute approximate surface area is 126 Å². The third-order valence-electron chi connectivity index (χ3n) is 2.43. The summed E-state index contributed by atoms with van der Waals surface area (Å²) < 4.78 is 71.3. The predicted octanol–water partition coefficient (Wildman–Crippen LogP) is 1.54. The van der Waals surface area contributed by atoms with Gasteiger partial charge in [-0.3, -0.25) is 0 Å². The Morgan fingerprint density at radius 1 is 1.23 bits per heavy atom. The highest BCUT2D eigenvalue weighted by Gasteiger charge is 2.32. The zero-order valence-electron chi connectivity index (χ0n) is 11.5. The van der Waals surface area contributed by atoms with Gasteiger partial charge in [-0.25, -0.2) is 13.4 Å². The summed E-state index contributed by atoms with van der Waals surface area (Å²) >= 11 is 0. The molecule has 0 aromatic carbocycles. The highest BCUT2D eigenvalue weighted by Crippen LogP contribution is 2.29. The second kappa shape index (κ2) is 8.12. The summed E-state index contributed by atoms with van der Waals surface area (Å²) in [5.74, 6) is 1.77. The SMILES string of the molecule is C#CCOCCOCCS(=O)(=O)c1cc(C(F)(F)F)ccn1. The lowest BCUT2D eigenvalue weighted by atomic mass is 10.3. The van der Waals surface area contributed by atoms with Gasteiger partial charge in [0.2, 0.25) is 0 Å². The van der Waals surface area contributed by atoms with Crippen LogP contribution in [0.5, 0.6) is 0 Å². The molecule has 1 aromatic rings. The maximum Gasteiger partial charge on any atom is 0.416 e. The summed E-state index contributed by atoms with van der Waals surface area (Å²) in [4.78, 5) is 3.47. The molecule has 0 aliphatic rings. The standard InChI is InChI=1S/C13H14F3NO4S/c1-2-5-20-6-7-21-8-9-22(18,19)12-10-11(3-4-17-12)13(14,15)16/h1,3-4,10H,5-9H2. The van der Waals surface area contributed by atoms with Gasteiger partial charge in [0.05, 0.1) is 31.1 Å². The molecular weight excluding hydrogens is 323 g/mol. The van der Waals surface area contributed by atoms with E-state index in [0.717, 1.165) is 6.20 Å². The normalized spacial score (nSPS) is 12.1. The van der Waals surface area contributed by atoms with Crippen LogP contribution >= 0.6 is 0 Å². The first-order chi connectivity index (χ1) is 10.3. The molecule has 0 spiro atoms. The van der Waals surface area contributed by atoms with Crippen molar-refractivity contribution in [1.29, 1.82) is 0 Å². The van der Waals surface area contributed by atoms with Crippen molar-refractivity contribution >= 4 is 9.84 Å². The molecule has 0 bridgehead atoms. The second-order valence-corrected chi connectivity index (χ2v) is 6.12. The number of aromatic nitrogens is 1. The molecule has 0 saturated heterocycles. The van der Waals surface area contributed by atoms with Crippen molar-refractivity contribution < 1.29 is 31.1 Å². The Balaban J connectivity index is 2.55. The quantitative estimate of drug-likeness (QED) is 0.532. The molecule has 0 saturated carbocycles. The van der Waals surface area contributed by atoms with Crippen molar-refractivity contribution in [3.05, 3.63) is 23.9 Å². The lowest BCUT2D eigenvalue weighted by Crippen LogP contribution is -2.16. The molecule has 1 rings (SSSR count). The van der Waals surface area contributed by atoms with Crippen molar-refractivity contribution in [2.45, 2.75) is 11.2 Å². The van der Waals surface area contributed by atoms with Crippen molar-refractivity contribution in [1.82, 2.24) is 4.98 Å². The van der Waals surface area contributed by atoms with Gasteiger partial charge < -0.3 is 9.47 Å². The predicted molar refractivity (Wildman–Crippen MR) is 71.8 cm³/mol. The van der Waals surface area contributed by atoms with Crippen LogP contribution in [0.15, 0.2) is 23.4 Å². The van der Waals surface area contributed by atoms with Gasteiger partial charge in [-0.2, -0.15) is 13.2 Å². The van der Waals surface area contributed by atoms with E-state index in [4.69, 9.17) is 15.9 Å². The molecule has 122 valence electrons. The first-order valence-corrected chi connectivity index (χ1v) is 7.77. The molecule has 0 aliphatic heterocycles. The molecule has 0 unspecified atom stereocenters. The van der Waals surface area contributed by atoms with E-state index < -0.39 is 32.4 Å². The minimum atomic E-state index is -4.63. The van der Waals surface area contributed by atoms with Gasteiger partial charge in [0.15, 0.2) is 14.9 Å². The smallest absolute Gasteiger partial charge is 0.378 e. The summed E-state index contributed by atoms with van der Waals surface area (Å²) in [5, 5.41) is -0.630. The van der Waals surface area contributed by atoms with E-state index in [1.807, 2.05) is 0 Å². The summed E-state index contributed by atoms with van der Waals surface area (Å²) in [5.41, 5.74) is -1.07. The van der Waals surface area contributed by atoms with E-state index in [1.165, 1.54) is 0 Å². The number of terminal acetylenes is 1. The molecule has 0 aliphatic carbocycles. The van der Waals surface area contributed by atoms with Crippen LogP contribution in [0, 0.1) is 12.3 Å². The number of nitrogens with zero attached hydrogens (tertiary/aromatic N) is 1. The van der Waals surface area contributed by atoms with Gasteiger partial charge in [-0.15, -0.1) is 6.42 Å². The molecule has 22 heavy (non-hydrogen) atoms. The van der Waals surface area contributed by atoms with Gasteiger partial charge in [-0.1, -0.05) is 5.92 Å². The zero-order valence-corrected chi connectivity index (χ0v) is 12.3. The van der Waals surface area contributed by atoms with Crippen LogP contribution in [-0.2, 0) is 25.5 Å². The number of pyridine rings is 1. The molecule has 9 heteroatoms. The summed E-state index contributed by atoms with van der Waals surface area (Å²) in [6.07, 6.45) is 1.13. The summed E-state index contributed by atoms with van der Waals surface area (Å²) in [7, 11) is -3.95. The fourth-order valence-corrected chi connectivity index (χ4v) is 2.45. The van der Waals surface area contributed by atoms with Crippen molar-refractivity contribution in [2.75, 3.05) is 32.2 Å². The number of hydrogen-bond acceptors (Lipinski definition) is 5. The molecule has 0 atom stereocenters. The van der Waals surface area contributed by atoms with E-state index in [2.05, 4.69) is 10.9 Å². The largest absolute Gasteiger partial charge is 0.416 e. The number of halogens is 3. The monoisotopic (exact) mass is 337 g/mol. The van der Waals surface area contributed by atoms with E-state index in [-0.39, 0.29) is 26.4 Å². The molecule has 0 amide bonds.